The molecule has 1 amide bonds. The summed E-state index contributed by atoms with van der Waals surface area (Å²) in [5, 5.41) is 8.99. The smallest absolute Gasteiger partial charge is 0.243 e. The summed E-state index contributed by atoms with van der Waals surface area (Å²) in [5.41, 5.74) is 1.69. The first kappa shape index (κ1) is 19.0. The van der Waals surface area contributed by atoms with E-state index in [2.05, 4.69) is 27.9 Å². The number of guanidine groups is 1. The summed E-state index contributed by atoms with van der Waals surface area (Å²) in [6.07, 6.45) is 0.938. The van der Waals surface area contributed by atoms with E-state index in [9.17, 15) is 4.79 Å². The first-order valence-electron chi connectivity index (χ1n) is 7.78. The van der Waals surface area contributed by atoms with Crippen molar-refractivity contribution in [1.82, 2.24) is 10.6 Å². The van der Waals surface area contributed by atoms with Gasteiger partial charge in [-0.3, -0.25) is 9.79 Å². The number of hydrogen-bond donors (Lipinski definition) is 3. The Bertz CT molecular complexity index is 541. The Morgan fingerprint density at radius 3 is 2.65 bits per heavy atom. The van der Waals surface area contributed by atoms with E-state index >= 15 is 0 Å². The molecule has 0 aromatic heterocycles. The monoisotopic (exact) mass is 320 g/mol. The van der Waals surface area contributed by atoms with Crippen LogP contribution in [0.15, 0.2) is 29.3 Å². The summed E-state index contributed by atoms with van der Waals surface area (Å²) in [4.78, 5) is 16.1. The topological polar surface area (TPSA) is 74.8 Å². The van der Waals surface area contributed by atoms with Crippen LogP contribution in [0.3, 0.4) is 0 Å². The molecule has 0 radical (unpaired) electrons. The second kappa shape index (κ2) is 9.15. The molecule has 23 heavy (non-hydrogen) atoms. The normalized spacial score (nSPS) is 12.0. The van der Waals surface area contributed by atoms with Crippen LogP contribution >= 0.6 is 0 Å². The van der Waals surface area contributed by atoms with Crippen LogP contribution in [-0.2, 0) is 16.0 Å². The molecule has 3 N–H and O–H groups in total. The minimum absolute atomic E-state index is 0.118. The van der Waals surface area contributed by atoms with Gasteiger partial charge in [0.1, 0.15) is 0 Å². The van der Waals surface area contributed by atoms with Crippen molar-refractivity contribution >= 4 is 17.6 Å². The molecule has 1 aromatic carbocycles. The number of carbonyl (C=O) groups excluding carboxylic acids is 1. The molecule has 1 aromatic rings. The molecule has 0 saturated carbocycles. The summed E-state index contributed by atoms with van der Waals surface area (Å²) >= 11 is 0. The van der Waals surface area contributed by atoms with Crippen molar-refractivity contribution < 1.29 is 9.53 Å². The van der Waals surface area contributed by atoms with Crippen LogP contribution in [0.1, 0.15) is 26.3 Å². The number of rotatable bonds is 7. The van der Waals surface area contributed by atoms with Gasteiger partial charge >= 0.3 is 0 Å². The SMILES string of the molecule is CCc1cccc(NC(=O)CNC(=NC)NCC(C)(C)OC)c1. The summed E-state index contributed by atoms with van der Waals surface area (Å²) < 4.78 is 5.33. The fourth-order valence-corrected chi connectivity index (χ4v) is 1.83. The van der Waals surface area contributed by atoms with E-state index in [1.165, 1.54) is 5.56 Å². The third-order valence-corrected chi connectivity index (χ3v) is 3.49. The highest BCUT2D eigenvalue weighted by Crippen LogP contribution is 2.10. The summed E-state index contributed by atoms with van der Waals surface area (Å²) in [6, 6.07) is 7.84. The van der Waals surface area contributed by atoms with Gasteiger partial charge in [0.05, 0.1) is 12.1 Å². The molecule has 0 saturated heterocycles. The van der Waals surface area contributed by atoms with Gasteiger partial charge in [-0.1, -0.05) is 19.1 Å². The number of ether oxygens (including phenoxy) is 1. The maximum absolute atomic E-state index is 12.0. The van der Waals surface area contributed by atoms with Crippen LogP contribution in [0.5, 0.6) is 0 Å². The molecule has 0 bridgehead atoms. The van der Waals surface area contributed by atoms with Crippen molar-refractivity contribution in [3.63, 3.8) is 0 Å². The Labute approximate surface area is 138 Å². The average Bonchev–Trinajstić information content (AvgIpc) is 2.55. The maximum atomic E-state index is 12.0. The van der Waals surface area contributed by atoms with Crippen LogP contribution in [0.25, 0.3) is 0 Å². The number of benzene rings is 1. The Morgan fingerprint density at radius 1 is 1.30 bits per heavy atom. The number of nitrogens with zero attached hydrogens (tertiary/aromatic N) is 1. The summed E-state index contributed by atoms with van der Waals surface area (Å²) in [5.74, 6) is 0.444. The van der Waals surface area contributed by atoms with E-state index in [1.807, 2.05) is 38.1 Å². The average molecular weight is 320 g/mol. The predicted molar refractivity (Wildman–Crippen MR) is 94.9 cm³/mol. The zero-order valence-corrected chi connectivity index (χ0v) is 14.7. The second-order valence-electron chi connectivity index (χ2n) is 5.85. The molecule has 0 aliphatic heterocycles. The zero-order chi connectivity index (χ0) is 17.3. The minimum atomic E-state index is -0.305. The van der Waals surface area contributed by atoms with Gasteiger partial charge in [-0.2, -0.15) is 0 Å². The van der Waals surface area contributed by atoms with Crippen molar-refractivity contribution in [3.05, 3.63) is 29.8 Å². The van der Waals surface area contributed by atoms with Crippen molar-refractivity contribution in [2.45, 2.75) is 32.8 Å². The van der Waals surface area contributed by atoms with Crippen LogP contribution in [0.2, 0.25) is 0 Å². The van der Waals surface area contributed by atoms with Gasteiger partial charge in [-0.05, 0) is 38.0 Å². The predicted octanol–water partition coefficient (Wildman–Crippen LogP) is 1.78. The molecular formula is C17H28N4O2. The lowest BCUT2D eigenvalue weighted by molar-refractivity contribution is -0.115. The number of anilines is 1. The van der Waals surface area contributed by atoms with E-state index in [-0.39, 0.29) is 18.1 Å². The number of amides is 1. The zero-order valence-electron chi connectivity index (χ0n) is 14.7. The molecule has 0 spiro atoms. The quantitative estimate of drug-likeness (QED) is 0.529. The van der Waals surface area contributed by atoms with E-state index in [0.29, 0.717) is 12.5 Å². The second-order valence-corrected chi connectivity index (χ2v) is 5.85. The fraction of sp³-hybridized carbons (Fsp3) is 0.529. The first-order chi connectivity index (χ1) is 10.9. The Hall–Kier alpha value is -2.08. The molecule has 0 atom stereocenters. The Morgan fingerprint density at radius 2 is 2.04 bits per heavy atom. The molecule has 0 aliphatic rings. The van der Waals surface area contributed by atoms with Gasteiger partial charge in [0.25, 0.3) is 0 Å². The molecule has 128 valence electrons. The lowest BCUT2D eigenvalue weighted by Gasteiger charge is -2.24. The van der Waals surface area contributed by atoms with Gasteiger partial charge in [0, 0.05) is 26.4 Å². The van der Waals surface area contributed by atoms with Crippen molar-refractivity contribution in [2.24, 2.45) is 4.99 Å². The highest BCUT2D eigenvalue weighted by Gasteiger charge is 2.16. The molecule has 6 nitrogen and oxygen atoms in total. The van der Waals surface area contributed by atoms with Crippen LogP contribution in [0, 0.1) is 0 Å². The first-order valence-corrected chi connectivity index (χ1v) is 7.78. The molecular weight excluding hydrogens is 292 g/mol. The summed E-state index contributed by atoms with van der Waals surface area (Å²) in [6.45, 7) is 6.76. The molecule has 1 rings (SSSR count). The molecule has 0 fully saturated rings. The number of hydrogen-bond acceptors (Lipinski definition) is 3. The highest BCUT2D eigenvalue weighted by molar-refractivity contribution is 5.95. The van der Waals surface area contributed by atoms with Gasteiger partial charge in [-0.15, -0.1) is 0 Å². The molecule has 0 heterocycles. The molecule has 0 unspecified atom stereocenters. The van der Waals surface area contributed by atoms with Crippen molar-refractivity contribution in [1.29, 1.82) is 0 Å². The van der Waals surface area contributed by atoms with Gasteiger partial charge in [-0.25, -0.2) is 0 Å². The minimum Gasteiger partial charge on any atom is -0.377 e. The number of aryl methyl sites for hydroxylation is 1. The highest BCUT2D eigenvalue weighted by atomic mass is 16.5. The Kier molecular flexibility index (Phi) is 7.54. The Balaban J connectivity index is 2.44. The van der Waals surface area contributed by atoms with Crippen LogP contribution < -0.4 is 16.0 Å². The number of aliphatic imine (C=N–C) groups is 1. The van der Waals surface area contributed by atoms with E-state index in [0.717, 1.165) is 12.1 Å². The number of carbonyl (C=O) groups is 1. The van der Waals surface area contributed by atoms with Gasteiger partial charge < -0.3 is 20.7 Å². The molecule has 6 heteroatoms. The number of methoxy groups -OCH3 is 1. The van der Waals surface area contributed by atoms with Gasteiger partial charge in [0.15, 0.2) is 5.96 Å². The lowest BCUT2D eigenvalue weighted by atomic mass is 10.1. The van der Waals surface area contributed by atoms with Gasteiger partial charge in [0.2, 0.25) is 5.91 Å². The lowest BCUT2D eigenvalue weighted by Crippen LogP contribution is -2.47. The van der Waals surface area contributed by atoms with Crippen LogP contribution in [0.4, 0.5) is 5.69 Å². The third-order valence-electron chi connectivity index (χ3n) is 3.49. The fourth-order valence-electron chi connectivity index (χ4n) is 1.83. The van der Waals surface area contributed by atoms with Crippen LogP contribution in [-0.4, -0.2) is 44.7 Å². The van der Waals surface area contributed by atoms with Crippen molar-refractivity contribution in [3.8, 4) is 0 Å². The standard InChI is InChI=1S/C17H28N4O2/c1-6-13-8-7-9-14(10-13)21-15(22)11-19-16(18-4)20-12-17(2,3)23-5/h7-10H,6,11-12H2,1-5H3,(H,21,22)(H2,18,19,20). The van der Waals surface area contributed by atoms with Crippen molar-refractivity contribution in [2.75, 3.05) is 32.6 Å². The largest absolute Gasteiger partial charge is 0.377 e. The van der Waals surface area contributed by atoms with E-state index in [4.69, 9.17) is 4.74 Å². The number of nitrogens with one attached hydrogen (secondary N) is 3. The maximum Gasteiger partial charge on any atom is 0.243 e. The molecule has 0 aliphatic carbocycles. The van der Waals surface area contributed by atoms with E-state index < -0.39 is 0 Å². The van der Waals surface area contributed by atoms with E-state index in [1.54, 1.807) is 14.2 Å². The third kappa shape index (κ3) is 7.15. The summed E-state index contributed by atoms with van der Waals surface area (Å²) in [7, 11) is 3.33.